The number of ether oxygens (including phenoxy) is 2. The monoisotopic (exact) mass is 400 g/mol. The Bertz CT molecular complexity index is 1180. The zero-order chi connectivity index (χ0) is 20.8. The molecule has 6 nitrogen and oxygen atoms in total. The summed E-state index contributed by atoms with van der Waals surface area (Å²) in [5.74, 6) is 1.28. The minimum absolute atomic E-state index is 0.200. The number of amides is 1. The summed E-state index contributed by atoms with van der Waals surface area (Å²) in [5, 5.41) is 6.27. The summed E-state index contributed by atoms with van der Waals surface area (Å²) in [5.41, 5.74) is 4.10. The molecule has 0 saturated heterocycles. The van der Waals surface area contributed by atoms with Gasteiger partial charge in [0.05, 0.1) is 19.6 Å². The van der Waals surface area contributed by atoms with Crippen LogP contribution in [0.25, 0.3) is 10.8 Å². The van der Waals surface area contributed by atoms with Gasteiger partial charge >= 0.3 is 5.91 Å². The van der Waals surface area contributed by atoms with Gasteiger partial charge in [-0.05, 0) is 58.8 Å². The molecule has 1 heterocycles. The first-order valence-electron chi connectivity index (χ1n) is 9.38. The molecule has 1 amide bonds. The maximum absolute atomic E-state index is 11.9. The van der Waals surface area contributed by atoms with Crippen LogP contribution in [0.2, 0.25) is 0 Å². The topological polar surface area (TPSA) is 73.1 Å². The van der Waals surface area contributed by atoms with Crippen LogP contribution in [-0.4, -0.2) is 19.2 Å². The highest BCUT2D eigenvalue weighted by molar-refractivity contribution is 5.92. The largest absolute Gasteiger partial charge is 0.496 e. The van der Waals surface area contributed by atoms with E-state index in [2.05, 4.69) is 22.7 Å². The van der Waals surface area contributed by atoms with Crippen LogP contribution >= 0.6 is 0 Å². The Labute approximate surface area is 173 Å². The van der Waals surface area contributed by atoms with Crippen LogP contribution in [0.3, 0.4) is 0 Å². The van der Waals surface area contributed by atoms with E-state index >= 15 is 0 Å². The van der Waals surface area contributed by atoms with Crippen LogP contribution in [0.15, 0.2) is 88.6 Å². The molecular formula is C24H20N2O4. The van der Waals surface area contributed by atoms with E-state index < -0.39 is 5.91 Å². The molecule has 30 heavy (non-hydrogen) atoms. The molecule has 3 aromatic carbocycles. The summed E-state index contributed by atoms with van der Waals surface area (Å²) in [6, 6.07) is 22.9. The van der Waals surface area contributed by atoms with Crippen molar-refractivity contribution in [3.05, 3.63) is 95.9 Å². The van der Waals surface area contributed by atoms with Crippen molar-refractivity contribution in [1.82, 2.24) is 5.43 Å². The Balaban J connectivity index is 1.45. The number of hydrogen-bond acceptors (Lipinski definition) is 5. The van der Waals surface area contributed by atoms with Crippen LogP contribution in [-0.2, 0) is 6.61 Å². The Morgan fingerprint density at radius 1 is 1.03 bits per heavy atom. The molecule has 0 radical (unpaired) electrons. The summed E-state index contributed by atoms with van der Waals surface area (Å²) < 4.78 is 16.5. The second-order valence-corrected chi connectivity index (χ2v) is 6.55. The fraction of sp³-hybridized carbons (Fsp3) is 0.0833. The summed E-state index contributed by atoms with van der Waals surface area (Å²) >= 11 is 0. The Hall–Kier alpha value is -4.06. The normalized spacial score (nSPS) is 11.0. The SMILES string of the molecule is COc1ccc(/C=N/NC(=O)c2ccco2)cc1COc1ccc2ccccc2c1. The molecule has 1 N–H and O–H groups in total. The minimum Gasteiger partial charge on any atom is -0.496 e. The van der Waals surface area contributed by atoms with E-state index in [9.17, 15) is 4.79 Å². The van der Waals surface area contributed by atoms with Gasteiger partial charge in [0.25, 0.3) is 0 Å². The van der Waals surface area contributed by atoms with E-state index in [-0.39, 0.29) is 5.76 Å². The average molecular weight is 400 g/mol. The molecule has 0 aliphatic heterocycles. The van der Waals surface area contributed by atoms with Crippen LogP contribution in [0.4, 0.5) is 0 Å². The molecule has 0 fully saturated rings. The Morgan fingerprint density at radius 3 is 2.70 bits per heavy atom. The molecule has 4 rings (SSSR count). The second-order valence-electron chi connectivity index (χ2n) is 6.55. The zero-order valence-corrected chi connectivity index (χ0v) is 16.4. The molecular weight excluding hydrogens is 380 g/mol. The van der Waals surface area contributed by atoms with Gasteiger partial charge in [-0.1, -0.05) is 30.3 Å². The van der Waals surface area contributed by atoms with E-state index in [0.29, 0.717) is 12.4 Å². The summed E-state index contributed by atoms with van der Waals surface area (Å²) in [4.78, 5) is 11.9. The fourth-order valence-electron chi connectivity index (χ4n) is 3.04. The third-order valence-electron chi connectivity index (χ3n) is 4.54. The number of rotatable bonds is 7. The summed E-state index contributed by atoms with van der Waals surface area (Å²) in [7, 11) is 1.62. The minimum atomic E-state index is -0.412. The van der Waals surface area contributed by atoms with Crippen LogP contribution in [0.5, 0.6) is 11.5 Å². The first kappa shape index (κ1) is 19.3. The maximum Gasteiger partial charge on any atom is 0.307 e. The van der Waals surface area contributed by atoms with Crippen molar-refractivity contribution < 1.29 is 18.7 Å². The highest BCUT2D eigenvalue weighted by Crippen LogP contribution is 2.24. The molecule has 6 heteroatoms. The molecule has 0 atom stereocenters. The predicted molar refractivity (Wildman–Crippen MR) is 115 cm³/mol. The van der Waals surface area contributed by atoms with Crippen molar-refractivity contribution in [2.24, 2.45) is 5.10 Å². The average Bonchev–Trinajstić information content (AvgIpc) is 3.33. The highest BCUT2D eigenvalue weighted by atomic mass is 16.5. The summed E-state index contributed by atoms with van der Waals surface area (Å²) in [6.45, 7) is 0.335. The van der Waals surface area contributed by atoms with E-state index in [1.54, 1.807) is 25.5 Å². The number of nitrogens with one attached hydrogen (secondary N) is 1. The molecule has 0 aliphatic rings. The third-order valence-corrected chi connectivity index (χ3v) is 4.54. The van der Waals surface area contributed by atoms with E-state index in [4.69, 9.17) is 13.9 Å². The highest BCUT2D eigenvalue weighted by Gasteiger charge is 2.08. The van der Waals surface area contributed by atoms with Gasteiger partial charge in [-0.15, -0.1) is 0 Å². The standard InChI is InChI=1S/C24H20N2O4/c1-28-22-11-8-17(15-25-26-24(27)23-7-4-12-29-23)13-20(22)16-30-21-10-9-18-5-2-3-6-19(18)14-21/h2-15H,16H2,1H3,(H,26,27)/b25-15+. The number of fused-ring (bicyclic) bond motifs is 1. The molecule has 4 aromatic rings. The van der Waals surface area contributed by atoms with Crippen molar-refractivity contribution in [1.29, 1.82) is 0 Å². The van der Waals surface area contributed by atoms with Gasteiger partial charge < -0.3 is 13.9 Å². The first-order chi connectivity index (χ1) is 14.7. The van der Waals surface area contributed by atoms with Gasteiger partial charge in [0.2, 0.25) is 0 Å². The molecule has 150 valence electrons. The Morgan fingerprint density at radius 2 is 1.90 bits per heavy atom. The van der Waals surface area contributed by atoms with Crippen LogP contribution < -0.4 is 14.9 Å². The van der Waals surface area contributed by atoms with Crippen LogP contribution in [0, 0.1) is 0 Å². The molecule has 0 unspecified atom stereocenters. The zero-order valence-electron chi connectivity index (χ0n) is 16.4. The molecule has 0 bridgehead atoms. The molecule has 0 saturated carbocycles. The van der Waals surface area contributed by atoms with Gasteiger partial charge in [0.1, 0.15) is 18.1 Å². The van der Waals surface area contributed by atoms with Gasteiger partial charge in [-0.3, -0.25) is 4.79 Å². The van der Waals surface area contributed by atoms with Crippen molar-refractivity contribution in [2.45, 2.75) is 6.61 Å². The van der Waals surface area contributed by atoms with Gasteiger partial charge in [-0.2, -0.15) is 5.10 Å². The molecule has 0 spiro atoms. The maximum atomic E-state index is 11.9. The van der Waals surface area contributed by atoms with Crippen molar-refractivity contribution in [3.8, 4) is 11.5 Å². The lowest BCUT2D eigenvalue weighted by Gasteiger charge is -2.12. The van der Waals surface area contributed by atoms with E-state index in [0.717, 1.165) is 27.6 Å². The number of carbonyl (C=O) groups excluding carboxylic acids is 1. The lowest BCUT2D eigenvalue weighted by Crippen LogP contribution is -2.16. The smallest absolute Gasteiger partial charge is 0.307 e. The van der Waals surface area contributed by atoms with Gasteiger partial charge in [-0.25, -0.2) is 5.43 Å². The fourth-order valence-corrected chi connectivity index (χ4v) is 3.04. The molecule has 1 aromatic heterocycles. The van der Waals surface area contributed by atoms with E-state index in [1.807, 2.05) is 48.5 Å². The Kier molecular flexibility index (Phi) is 5.75. The lowest BCUT2D eigenvalue weighted by atomic mass is 10.1. The number of nitrogens with zero attached hydrogens (tertiary/aromatic N) is 1. The van der Waals surface area contributed by atoms with Crippen molar-refractivity contribution in [3.63, 3.8) is 0 Å². The van der Waals surface area contributed by atoms with E-state index in [1.165, 1.54) is 6.26 Å². The number of carbonyl (C=O) groups is 1. The third kappa shape index (κ3) is 4.50. The number of hydrogen-bond donors (Lipinski definition) is 1. The van der Waals surface area contributed by atoms with Crippen molar-refractivity contribution in [2.75, 3.05) is 7.11 Å². The van der Waals surface area contributed by atoms with Gasteiger partial charge in [0.15, 0.2) is 5.76 Å². The lowest BCUT2D eigenvalue weighted by molar-refractivity contribution is 0.0927. The number of furan rings is 1. The summed E-state index contributed by atoms with van der Waals surface area (Å²) in [6.07, 6.45) is 2.99. The van der Waals surface area contributed by atoms with Crippen LogP contribution in [0.1, 0.15) is 21.7 Å². The quantitative estimate of drug-likeness (QED) is 0.358. The number of methoxy groups -OCH3 is 1. The van der Waals surface area contributed by atoms with Gasteiger partial charge in [0, 0.05) is 5.56 Å². The van der Waals surface area contributed by atoms with Crippen molar-refractivity contribution >= 4 is 22.9 Å². The first-order valence-corrected chi connectivity index (χ1v) is 9.38. The molecule has 0 aliphatic carbocycles. The second kappa shape index (κ2) is 8.96. The number of hydrazone groups is 1. The number of benzene rings is 3. The predicted octanol–water partition coefficient (Wildman–Crippen LogP) is 4.78.